The molecule has 0 saturated carbocycles. The number of hydrogen-bond donors (Lipinski definition) is 3. The van der Waals surface area contributed by atoms with E-state index >= 15 is 0 Å². The predicted octanol–water partition coefficient (Wildman–Crippen LogP) is 0.508. The van der Waals surface area contributed by atoms with Gasteiger partial charge in [0, 0.05) is 37.2 Å². The van der Waals surface area contributed by atoms with E-state index in [9.17, 15) is 19.2 Å². The highest BCUT2D eigenvalue weighted by molar-refractivity contribution is 6.36. The van der Waals surface area contributed by atoms with Crippen LogP contribution in [0.2, 0.25) is 10.0 Å². The summed E-state index contributed by atoms with van der Waals surface area (Å²) in [6.45, 7) is 5.79. The number of carbonyl (C=O) groups is 4. The van der Waals surface area contributed by atoms with Gasteiger partial charge >= 0.3 is 0 Å². The predicted molar refractivity (Wildman–Crippen MR) is 118 cm³/mol. The molecule has 170 valence electrons. The van der Waals surface area contributed by atoms with Gasteiger partial charge < -0.3 is 20.9 Å². The molecule has 1 saturated heterocycles. The maximum absolute atomic E-state index is 12.3. The molecule has 0 spiro atoms. The van der Waals surface area contributed by atoms with Gasteiger partial charge in [0.1, 0.15) is 0 Å². The van der Waals surface area contributed by atoms with Crippen LogP contribution in [0.4, 0.5) is 0 Å². The fourth-order valence-electron chi connectivity index (χ4n) is 3.00. The topological polar surface area (TPSA) is 111 Å². The molecule has 0 radical (unpaired) electrons. The van der Waals surface area contributed by atoms with Crippen molar-refractivity contribution in [1.29, 1.82) is 0 Å². The maximum Gasteiger partial charge on any atom is 0.253 e. The first-order chi connectivity index (χ1) is 14.7. The molecule has 1 fully saturated rings. The molecule has 0 aromatic heterocycles. The van der Waals surface area contributed by atoms with Crippen LogP contribution in [-0.4, -0.2) is 85.3 Å². The molecular weight excluding hydrogens is 445 g/mol. The normalized spacial score (nSPS) is 14.3. The minimum absolute atomic E-state index is 0.0380. The lowest BCUT2D eigenvalue weighted by atomic mass is 10.2. The zero-order chi connectivity index (χ0) is 23.0. The number of nitrogens with one attached hydrogen (secondary N) is 3. The van der Waals surface area contributed by atoms with Gasteiger partial charge in [0.05, 0.1) is 30.2 Å². The van der Waals surface area contributed by atoms with E-state index < -0.39 is 11.8 Å². The summed E-state index contributed by atoms with van der Waals surface area (Å²) >= 11 is 11.8. The monoisotopic (exact) mass is 471 g/mol. The largest absolute Gasteiger partial charge is 0.353 e. The molecule has 0 unspecified atom stereocenters. The highest BCUT2D eigenvalue weighted by Gasteiger charge is 2.23. The zero-order valence-corrected chi connectivity index (χ0v) is 19.1. The van der Waals surface area contributed by atoms with Gasteiger partial charge in [0.2, 0.25) is 17.7 Å². The molecule has 31 heavy (non-hydrogen) atoms. The number of amides is 4. The fraction of sp³-hybridized carbons (Fsp3) is 0.500. The molecule has 1 aromatic carbocycles. The molecule has 1 heterocycles. The van der Waals surface area contributed by atoms with Crippen molar-refractivity contribution in [2.75, 3.05) is 45.8 Å². The maximum atomic E-state index is 12.3. The van der Waals surface area contributed by atoms with E-state index in [0.717, 1.165) is 0 Å². The molecule has 0 aliphatic carbocycles. The van der Waals surface area contributed by atoms with Crippen LogP contribution >= 0.6 is 23.2 Å². The molecule has 0 bridgehead atoms. The summed E-state index contributed by atoms with van der Waals surface area (Å²) in [5, 5.41) is 8.37. The molecular formula is C20H27Cl2N5O4. The van der Waals surface area contributed by atoms with Gasteiger partial charge in [0.25, 0.3) is 5.91 Å². The van der Waals surface area contributed by atoms with Crippen molar-refractivity contribution in [3.05, 3.63) is 33.8 Å². The molecule has 1 aliphatic heterocycles. The number of nitrogens with zero attached hydrogens (tertiary/aromatic N) is 2. The number of hydrogen-bond acceptors (Lipinski definition) is 5. The fourth-order valence-corrected chi connectivity index (χ4v) is 3.50. The number of piperazine rings is 1. The highest BCUT2D eigenvalue weighted by Crippen LogP contribution is 2.20. The third kappa shape index (κ3) is 8.35. The second kappa shape index (κ2) is 11.9. The number of halogens is 2. The summed E-state index contributed by atoms with van der Waals surface area (Å²) in [5.41, 5.74) is 0.204. The minimum atomic E-state index is -0.513. The smallest absolute Gasteiger partial charge is 0.253 e. The van der Waals surface area contributed by atoms with Crippen LogP contribution in [0.3, 0.4) is 0 Å². The van der Waals surface area contributed by atoms with Gasteiger partial charge in [-0.05, 0) is 32.0 Å². The van der Waals surface area contributed by atoms with E-state index in [1.165, 1.54) is 18.2 Å². The number of carbonyl (C=O) groups excluding carboxylic acids is 4. The van der Waals surface area contributed by atoms with Crippen LogP contribution in [0.1, 0.15) is 24.2 Å². The Morgan fingerprint density at radius 2 is 1.65 bits per heavy atom. The Bertz CT molecular complexity index is 826. The van der Waals surface area contributed by atoms with Crippen LogP contribution in [-0.2, 0) is 14.4 Å². The van der Waals surface area contributed by atoms with Gasteiger partial charge in [-0.2, -0.15) is 0 Å². The average Bonchev–Trinajstić information content (AvgIpc) is 2.70. The Kier molecular flexibility index (Phi) is 9.54. The lowest BCUT2D eigenvalue weighted by Crippen LogP contribution is -2.53. The van der Waals surface area contributed by atoms with Gasteiger partial charge in [-0.25, -0.2) is 0 Å². The molecule has 3 N–H and O–H groups in total. The first kappa shape index (κ1) is 24.9. The summed E-state index contributed by atoms with van der Waals surface area (Å²) in [7, 11) is 0. The van der Waals surface area contributed by atoms with E-state index in [1.807, 2.05) is 18.7 Å². The van der Waals surface area contributed by atoms with Crippen LogP contribution < -0.4 is 16.0 Å². The Morgan fingerprint density at radius 1 is 0.968 bits per heavy atom. The molecule has 11 heteroatoms. The zero-order valence-electron chi connectivity index (χ0n) is 17.5. The molecule has 0 atom stereocenters. The summed E-state index contributed by atoms with van der Waals surface area (Å²) in [6, 6.07) is 4.52. The average molecular weight is 472 g/mol. The quantitative estimate of drug-likeness (QED) is 0.511. The second-order valence-electron chi connectivity index (χ2n) is 7.46. The molecule has 1 aromatic rings. The van der Waals surface area contributed by atoms with E-state index in [2.05, 4.69) is 16.0 Å². The van der Waals surface area contributed by atoms with Crippen molar-refractivity contribution in [3.63, 3.8) is 0 Å². The molecule has 4 amide bonds. The van der Waals surface area contributed by atoms with Crippen molar-refractivity contribution in [2.45, 2.75) is 19.9 Å². The summed E-state index contributed by atoms with van der Waals surface area (Å²) in [4.78, 5) is 51.8. The summed E-state index contributed by atoms with van der Waals surface area (Å²) in [6.07, 6.45) is 0. The third-order valence-corrected chi connectivity index (χ3v) is 5.11. The van der Waals surface area contributed by atoms with Crippen LogP contribution in [0.15, 0.2) is 18.2 Å². The van der Waals surface area contributed by atoms with Gasteiger partial charge in [-0.15, -0.1) is 0 Å². The molecule has 9 nitrogen and oxygen atoms in total. The van der Waals surface area contributed by atoms with Crippen LogP contribution in [0.5, 0.6) is 0 Å². The Balaban J connectivity index is 1.67. The van der Waals surface area contributed by atoms with Gasteiger partial charge in [0.15, 0.2) is 0 Å². The van der Waals surface area contributed by atoms with Crippen LogP contribution in [0.25, 0.3) is 0 Å². The van der Waals surface area contributed by atoms with Gasteiger partial charge in [-0.3, -0.25) is 24.1 Å². The molecule has 1 aliphatic rings. The van der Waals surface area contributed by atoms with E-state index in [-0.39, 0.29) is 41.5 Å². The third-order valence-electron chi connectivity index (χ3n) is 4.56. The van der Waals surface area contributed by atoms with Gasteiger partial charge in [-0.1, -0.05) is 23.2 Å². The second-order valence-corrected chi connectivity index (χ2v) is 8.31. The lowest BCUT2D eigenvalue weighted by Gasteiger charge is -2.34. The van der Waals surface area contributed by atoms with E-state index in [1.54, 1.807) is 4.90 Å². The van der Waals surface area contributed by atoms with Crippen molar-refractivity contribution < 1.29 is 19.2 Å². The van der Waals surface area contributed by atoms with Crippen molar-refractivity contribution in [1.82, 2.24) is 25.8 Å². The SMILES string of the molecule is CC(C)NC(=O)CN1CCN(C(=O)CNC(=O)CNC(=O)c2ccc(Cl)cc2Cl)CC1. The Hall–Kier alpha value is -2.36. The first-order valence-corrected chi connectivity index (χ1v) is 10.7. The first-order valence-electron chi connectivity index (χ1n) is 9.95. The summed E-state index contributed by atoms with van der Waals surface area (Å²) in [5.74, 6) is -1.26. The lowest BCUT2D eigenvalue weighted by molar-refractivity contribution is -0.134. The number of benzene rings is 1. The summed E-state index contributed by atoms with van der Waals surface area (Å²) < 4.78 is 0. The van der Waals surface area contributed by atoms with E-state index in [4.69, 9.17) is 23.2 Å². The van der Waals surface area contributed by atoms with Crippen molar-refractivity contribution in [2.24, 2.45) is 0 Å². The molecule has 2 rings (SSSR count). The Morgan fingerprint density at radius 3 is 2.26 bits per heavy atom. The van der Waals surface area contributed by atoms with Crippen LogP contribution in [0, 0.1) is 0 Å². The van der Waals surface area contributed by atoms with Crippen molar-refractivity contribution in [3.8, 4) is 0 Å². The minimum Gasteiger partial charge on any atom is -0.353 e. The standard InChI is InChI=1S/C20H27Cl2N5O4/c1-13(2)25-18(29)12-26-5-7-27(8-6-26)19(30)11-23-17(28)10-24-20(31)15-4-3-14(21)9-16(15)22/h3-4,9,13H,5-8,10-12H2,1-2H3,(H,23,28)(H,24,31)(H,25,29). The van der Waals surface area contributed by atoms with E-state index in [0.29, 0.717) is 37.7 Å². The Labute approximate surface area is 191 Å². The van der Waals surface area contributed by atoms with Crippen molar-refractivity contribution >= 4 is 46.8 Å². The number of rotatable bonds is 8. The highest BCUT2D eigenvalue weighted by atomic mass is 35.5.